The number of hydrogen-bond acceptors (Lipinski definition) is 3. The molecule has 2 N–H and O–H groups in total. The molecule has 0 heterocycles. The van der Waals surface area contributed by atoms with Crippen molar-refractivity contribution in [1.82, 2.24) is 10.6 Å². The minimum atomic E-state index is -0.283. The van der Waals surface area contributed by atoms with E-state index in [1.54, 1.807) is 20.2 Å². The molecular weight excluding hydrogens is 434 g/mol. The highest BCUT2D eigenvalue weighted by molar-refractivity contribution is 14.0. The van der Waals surface area contributed by atoms with Gasteiger partial charge in [-0.25, -0.2) is 4.39 Å². The number of nitrogens with one attached hydrogen (secondary N) is 2. The Kier molecular flexibility index (Phi) is 11.0. The maximum absolute atomic E-state index is 14.3. The zero-order chi connectivity index (χ0) is 18.2. The fourth-order valence-electron chi connectivity index (χ4n) is 2.26. The van der Waals surface area contributed by atoms with Crippen molar-refractivity contribution in [2.24, 2.45) is 4.99 Å². The standard InChI is InChI=1S/C18H31FN4O.HI/c1-7-23(8-2)16-10-9-14(11-15(16)19)12-21-17(20-5)22-13-18(3,4)24-6;/h9-11H,7-8,12-13H2,1-6H3,(H2,20,21,22);1H. The Labute approximate surface area is 168 Å². The second kappa shape index (κ2) is 11.5. The normalized spacial score (nSPS) is 11.7. The van der Waals surface area contributed by atoms with E-state index in [9.17, 15) is 4.39 Å². The van der Waals surface area contributed by atoms with Gasteiger partial charge in [0.1, 0.15) is 5.82 Å². The summed E-state index contributed by atoms with van der Waals surface area (Å²) in [6.07, 6.45) is 0. The summed E-state index contributed by atoms with van der Waals surface area (Å²) >= 11 is 0. The number of halogens is 2. The number of hydrogen-bond donors (Lipinski definition) is 2. The lowest BCUT2D eigenvalue weighted by Crippen LogP contribution is -2.45. The summed E-state index contributed by atoms with van der Waals surface area (Å²) < 4.78 is 19.7. The SMILES string of the molecule is CCN(CC)c1ccc(CNC(=NC)NCC(C)(C)OC)cc1F.I. The number of guanidine groups is 1. The van der Waals surface area contributed by atoms with Crippen molar-refractivity contribution in [1.29, 1.82) is 0 Å². The maximum Gasteiger partial charge on any atom is 0.191 e. The molecule has 0 fully saturated rings. The molecule has 0 radical (unpaired) electrons. The smallest absolute Gasteiger partial charge is 0.191 e. The van der Waals surface area contributed by atoms with Crippen LogP contribution in [0.25, 0.3) is 0 Å². The minimum Gasteiger partial charge on any atom is -0.377 e. The number of anilines is 1. The molecule has 0 atom stereocenters. The highest BCUT2D eigenvalue weighted by atomic mass is 127. The molecule has 0 amide bonds. The van der Waals surface area contributed by atoms with Crippen molar-refractivity contribution in [2.75, 3.05) is 38.7 Å². The van der Waals surface area contributed by atoms with Gasteiger partial charge in [-0.05, 0) is 45.4 Å². The van der Waals surface area contributed by atoms with Crippen LogP contribution in [0.1, 0.15) is 33.3 Å². The molecular formula is C18H32FIN4O. The maximum atomic E-state index is 14.3. The second-order valence-electron chi connectivity index (χ2n) is 6.20. The summed E-state index contributed by atoms with van der Waals surface area (Å²) in [4.78, 5) is 6.17. The van der Waals surface area contributed by atoms with Crippen LogP contribution in [0.5, 0.6) is 0 Å². The number of methoxy groups -OCH3 is 1. The van der Waals surface area contributed by atoms with Gasteiger partial charge in [0, 0.05) is 40.3 Å². The molecule has 1 aromatic rings. The zero-order valence-electron chi connectivity index (χ0n) is 16.1. The molecule has 0 unspecified atom stereocenters. The summed E-state index contributed by atoms with van der Waals surface area (Å²) in [5, 5.41) is 6.39. The van der Waals surface area contributed by atoms with Crippen LogP contribution in [-0.4, -0.2) is 45.4 Å². The number of rotatable bonds is 8. The van der Waals surface area contributed by atoms with Gasteiger partial charge in [-0.3, -0.25) is 4.99 Å². The molecule has 0 aromatic heterocycles. The van der Waals surface area contributed by atoms with Gasteiger partial charge in [0.05, 0.1) is 11.3 Å². The van der Waals surface area contributed by atoms with E-state index in [-0.39, 0.29) is 35.4 Å². The van der Waals surface area contributed by atoms with Crippen LogP contribution < -0.4 is 15.5 Å². The molecule has 5 nitrogen and oxygen atoms in total. The van der Waals surface area contributed by atoms with Crippen molar-refractivity contribution in [3.05, 3.63) is 29.6 Å². The van der Waals surface area contributed by atoms with Gasteiger partial charge in [-0.2, -0.15) is 0 Å². The first kappa shape index (κ1) is 23.9. The van der Waals surface area contributed by atoms with E-state index in [1.165, 1.54) is 0 Å². The van der Waals surface area contributed by atoms with Crippen molar-refractivity contribution >= 4 is 35.6 Å². The quantitative estimate of drug-likeness (QED) is 0.351. The van der Waals surface area contributed by atoms with Gasteiger partial charge in [0.25, 0.3) is 0 Å². The molecule has 0 saturated heterocycles. The van der Waals surface area contributed by atoms with Crippen LogP contribution in [0.4, 0.5) is 10.1 Å². The molecule has 0 aliphatic carbocycles. The Morgan fingerprint density at radius 1 is 1.24 bits per heavy atom. The number of ether oxygens (including phenoxy) is 1. The van der Waals surface area contributed by atoms with Crippen molar-refractivity contribution in [3.8, 4) is 0 Å². The molecule has 0 aliphatic rings. The highest BCUT2D eigenvalue weighted by Crippen LogP contribution is 2.20. The molecule has 0 spiro atoms. The Morgan fingerprint density at radius 3 is 2.36 bits per heavy atom. The Balaban J connectivity index is 0.00000576. The average molecular weight is 466 g/mol. The van der Waals surface area contributed by atoms with E-state index >= 15 is 0 Å². The lowest BCUT2D eigenvalue weighted by molar-refractivity contribution is 0.0268. The van der Waals surface area contributed by atoms with E-state index in [1.807, 2.05) is 44.7 Å². The fraction of sp³-hybridized carbons (Fsp3) is 0.611. The van der Waals surface area contributed by atoms with Gasteiger partial charge in [0.2, 0.25) is 0 Å². The molecule has 25 heavy (non-hydrogen) atoms. The van der Waals surface area contributed by atoms with E-state index in [0.717, 1.165) is 18.7 Å². The monoisotopic (exact) mass is 466 g/mol. The van der Waals surface area contributed by atoms with Gasteiger partial charge < -0.3 is 20.3 Å². The molecule has 0 bridgehead atoms. The third kappa shape index (κ3) is 7.77. The molecule has 0 saturated carbocycles. The third-order valence-corrected chi connectivity index (χ3v) is 4.03. The molecule has 144 valence electrons. The van der Waals surface area contributed by atoms with Crippen molar-refractivity contribution in [3.63, 3.8) is 0 Å². The summed E-state index contributed by atoms with van der Waals surface area (Å²) in [6, 6.07) is 5.35. The number of nitrogens with zero attached hydrogens (tertiary/aromatic N) is 2. The minimum absolute atomic E-state index is 0. The molecule has 7 heteroatoms. The van der Waals surface area contributed by atoms with Crippen LogP contribution in [0.3, 0.4) is 0 Å². The molecule has 0 aliphatic heterocycles. The first-order chi connectivity index (χ1) is 11.4. The van der Waals surface area contributed by atoms with Gasteiger partial charge in [-0.1, -0.05) is 6.07 Å². The van der Waals surface area contributed by atoms with Crippen LogP contribution >= 0.6 is 24.0 Å². The summed E-state index contributed by atoms with van der Waals surface area (Å²) in [6.45, 7) is 10.7. The van der Waals surface area contributed by atoms with Gasteiger partial charge >= 0.3 is 0 Å². The second-order valence-corrected chi connectivity index (χ2v) is 6.20. The van der Waals surface area contributed by atoms with Crippen molar-refractivity contribution in [2.45, 2.75) is 39.8 Å². The van der Waals surface area contributed by atoms with Crippen LogP contribution in [-0.2, 0) is 11.3 Å². The van der Waals surface area contributed by atoms with E-state index in [2.05, 4.69) is 15.6 Å². The number of benzene rings is 1. The summed E-state index contributed by atoms with van der Waals surface area (Å²) in [7, 11) is 3.39. The van der Waals surface area contributed by atoms with Crippen LogP contribution in [0.15, 0.2) is 23.2 Å². The first-order valence-corrected chi connectivity index (χ1v) is 8.39. The molecule has 1 rings (SSSR count). The van der Waals surface area contributed by atoms with E-state index < -0.39 is 0 Å². The predicted octanol–water partition coefficient (Wildman–Crippen LogP) is 3.38. The zero-order valence-corrected chi connectivity index (χ0v) is 18.5. The lowest BCUT2D eigenvalue weighted by Gasteiger charge is -2.24. The highest BCUT2D eigenvalue weighted by Gasteiger charge is 2.16. The van der Waals surface area contributed by atoms with Crippen LogP contribution in [0.2, 0.25) is 0 Å². The van der Waals surface area contributed by atoms with E-state index in [4.69, 9.17) is 4.74 Å². The van der Waals surface area contributed by atoms with E-state index in [0.29, 0.717) is 24.7 Å². The summed E-state index contributed by atoms with van der Waals surface area (Å²) in [5.41, 5.74) is 1.24. The van der Waals surface area contributed by atoms with Crippen molar-refractivity contribution < 1.29 is 9.13 Å². The first-order valence-electron chi connectivity index (χ1n) is 8.39. The Bertz CT molecular complexity index is 548. The third-order valence-electron chi connectivity index (χ3n) is 4.03. The Morgan fingerprint density at radius 2 is 1.88 bits per heavy atom. The number of aliphatic imine (C=N–C) groups is 1. The average Bonchev–Trinajstić information content (AvgIpc) is 2.57. The predicted molar refractivity (Wildman–Crippen MR) is 115 cm³/mol. The summed E-state index contributed by atoms with van der Waals surface area (Å²) in [5.74, 6) is 0.467. The topological polar surface area (TPSA) is 48.9 Å². The lowest BCUT2D eigenvalue weighted by atomic mass is 10.1. The fourth-order valence-corrected chi connectivity index (χ4v) is 2.26. The Hall–Kier alpha value is -1.09. The molecule has 1 aromatic carbocycles. The van der Waals surface area contributed by atoms with Crippen LogP contribution in [0, 0.1) is 5.82 Å². The largest absolute Gasteiger partial charge is 0.377 e. The van der Waals surface area contributed by atoms with Gasteiger partial charge in [-0.15, -0.1) is 24.0 Å². The van der Waals surface area contributed by atoms with Gasteiger partial charge in [0.15, 0.2) is 5.96 Å².